The van der Waals surface area contributed by atoms with Gasteiger partial charge in [-0.1, -0.05) is 6.42 Å². The summed E-state index contributed by atoms with van der Waals surface area (Å²) in [5, 5.41) is 9.31. The van der Waals surface area contributed by atoms with E-state index in [0.717, 1.165) is 32.1 Å². The second kappa shape index (κ2) is 6.49. The lowest BCUT2D eigenvalue weighted by molar-refractivity contribution is 0.0885. The van der Waals surface area contributed by atoms with Crippen molar-refractivity contribution in [1.29, 1.82) is 0 Å². The molecule has 6 nitrogen and oxygen atoms in total. The number of piperidine rings is 1. The molecule has 0 amide bonds. The lowest BCUT2D eigenvalue weighted by atomic mass is 10.1. The molecule has 2 N–H and O–H groups in total. The predicted molar refractivity (Wildman–Crippen MR) is 71.9 cm³/mol. The monoisotopic (exact) mass is 292 g/mol. The Morgan fingerprint density at radius 1 is 1.37 bits per heavy atom. The molecule has 7 heteroatoms. The summed E-state index contributed by atoms with van der Waals surface area (Å²) in [6, 6.07) is -0.517. The minimum atomic E-state index is -3.54. The molecule has 19 heavy (non-hydrogen) atoms. The number of aliphatic hydroxyl groups is 1. The number of nitrogens with one attached hydrogen (secondary N) is 1. The van der Waals surface area contributed by atoms with Crippen molar-refractivity contribution in [3.05, 3.63) is 0 Å². The van der Waals surface area contributed by atoms with Gasteiger partial charge in [-0.05, 0) is 32.6 Å². The number of rotatable bonds is 5. The average Bonchev–Trinajstić information content (AvgIpc) is 2.92. The number of ether oxygens (including phenoxy) is 1. The Labute approximate surface area is 115 Å². The molecule has 3 unspecified atom stereocenters. The Morgan fingerprint density at radius 2 is 2.16 bits per heavy atom. The normalized spacial score (nSPS) is 31.5. The van der Waals surface area contributed by atoms with Gasteiger partial charge in [-0.3, -0.25) is 0 Å². The molecule has 2 rings (SSSR count). The van der Waals surface area contributed by atoms with E-state index >= 15 is 0 Å². The number of aliphatic hydroxyl groups excluding tert-OH is 1. The predicted octanol–water partition coefficient (Wildman–Crippen LogP) is 0.235. The highest BCUT2D eigenvalue weighted by atomic mass is 32.2. The van der Waals surface area contributed by atoms with Gasteiger partial charge in [-0.2, -0.15) is 17.4 Å². The zero-order valence-electron chi connectivity index (χ0n) is 11.4. The highest BCUT2D eigenvalue weighted by molar-refractivity contribution is 7.87. The molecule has 2 saturated heterocycles. The molecular formula is C12H24N2O4S. The fraction of sp³-hybridized carbons (Fsp3) is 1.00. The van der Waals surface area contributed by atoms with E-state index in [1.165, 1.54) is 4.31 Å². The van der Waals surface area contributed by atoms with Crippen molar-refractivity contribution in [1.82, 2.24) is 9.03 Å². The Morgan fingerprint density at radius 3 is 2.79 bits per heavy atom. The topological polar surface area (TPSA) is 78.9 Å². The molecule has 0 spiro atoms. The number of nitrogens with zero attached hydrogens (tertiary/aromatic N) is 1. The van der Waals surface area contributed by atoms with Crippen LogP contribution in [0.15, 0.2) is 0 Å². The van der Waals surface area contributed by atoms with E-state index in [1.807, 2.05) is 6.92 Å². The molecule has 2 aliphatic heterocycles. The lowest BCUT2D eigenvalue weighted by Gasteiger charge is -2.34. The van der Waals surface area contributed by atoms with E-state index in [9.17, 15) is 13.5 Å². The van der Waals surface area contributed by atoms with Gasteiger partial charge in [0.05, 0.1) is 12.7 Å². The fourth-order valence-electron chi connectivity index (χ4n) is 2.85. The van der Waals surface area contributed by atoms with Crippen molar-refractivity contribution in [2.75, 3.05) is 19.8 Å². The highest BCUT2D eigenvalue weighted by Gasteiger charge is 2.34. The fourth-order valence-corrected chi connectivity index (χ4v) is 4.54. The summed E-state index contributed by atoms with van der Waals surface area (Å²) in [5.41, 5.74) is 0. The van der Waals surface area contributed by atoms with Gasteiger partial charge in [0.1, 0.15) is 0 Å². The third kappa shape index (κ3) is 3.66. The number of hydrogen-bond donors (Lipinski definition) is 2. The molecule has 112 valence electrons. The van der Waals surface area contributed by atoms with Crippen LogP contribution in [0.5, 0.6) is 0 Å². The molecule has 0 radical (unpaired) electrons. The minimum absolute atomic E-state index is 0.0351. The molecule has 2 aliphatic rings. The maximum Gasteiger partial charge on any atom is 0.280 e. The lowest BCUT2D eigenvalue weighted by Crippen LogP contribution is -2.54. The van der Waals surface area contributed by atoms with Crippen LogP contribution in [0.3, 0.4) is 0 Å². The van der Waals surface area contributed by atoms with Crippen LogP contribution in [0.4, 0.5) is 0 Å². The van der Waals surface area contributed by atoms with Gasteiger partial charge in [0, 0.05) is 25.2 Å². The van der Waals surface area contributed by atoms with E-state index in [2.05, 4.69) is 4.72 Å². The third-order valence-corrected chi connectivity index (χ3v) is 5.72. The summed E-state index contributed by atoms with van der Waals surface area (Å²) < 4.78 is 34.3. The van der Waals surface area contributed by atoms with Gasteiger partial charge in [0.25, 0.3) is 10.2 Å². The average molecular weight is 292 g/mol. The largest absolute Gasteiger partial charge is 0.395 e. The zero-order valence-corrected chi connectivity index (χ0v) is 12.2. The van der Waals surface area contributed by atoms with Gasteiger partial charge in [0.2, 0.25) is 0 Å². The molecule has 0 aliphatic carbocycles. The Hall–Kier alpha value is -0.210. The molecular weight excluding hydrogens is 268 g/mol. The van der Waals surface area contributed by atoms with Gasteiger partial charge in [-0.15, -0.1) is 0 Å². The van der Waals surface area contributed by atoms with Crippen molar-refractivity contribution < 1.29 is 18.3 Å². The van der Waals surface area contributed by atoms with Crippen LogP contribution >= 0.6 is 0 Å². The summed E-state index contributed by atoms with van der Waals surface area (Å²) in [7, 11) is -3.54. The molecule has 0 aromatic heterocycles. The van der Waals surface area contributed by atoms with Crippen LogP contribution in [-0.4, -0.2) is 55.8 Å². The first kappa shape index (κ1) is 15.2. The molecule has 3 atom stereocenters. The maximum atomic E-state index is 12.4. The van der Waals surface area contributed by atoms with Gasteiger partial charge >= 0.3 is 0 Å². The maximum absolute atomic E-state index is 12.4. The molecule has 2 fully saturated rings. The first-order chi connectivity index (χ1) is 9.04. The van der Waals surface area contributed by atoms with Crippen LogP contribution in [0.2, 0.25) is 0 Å². The van der Waals surface area contributed by atoms with E-state index in [4.69, 9.17) is 4.74 Å². The highest BCUT2D eigenvalue weighted by Crippen LogP contribution is 2.21. The second-order valence-electron chi connectivity index (χ2n) is 5.41. The van der Waals surface area contributed by atoms with E-state index in [0.29, 0.717) is 13.2 Å². The SMILES string of the molecule is CC(NS(=O)(=O)N1CCCCC1CO)C1CCCO1. The first-order valence-corrected chi connectivity index (χ1v) is 8.50. The summed E-state index contributed by atoms with van der Waals surface area (Å²) in [6.07, 6.45) is 4.40. The standard InChI is InChI=1S/C12H24N2O4S/c1-10(12-6-4-8-18-12)13-19(16,17)14-7-3-2-5-11(14)9-15/h10-13,15H,2-9H2,1H3. The quantitative estimate of drug-likeness (QED) is 0.760. The van der Waals surface area contributed by atoms with Gasteiger partial charge < -0.3 is 9.84 Å². The summed E-state index contributed by atoms with van der Waals surface area (Å²) in [5.74, 6) is 0. The zero-order chi connectivity index (χ0) is 13.9. The Balaban J connectivity index is 1.99. The molecule has 0 saturated carbocycles. The van der Waals surface area contributed by atoms with Crippen molar-refractivity contribution in [2.45, 2.75) is 57.2 Å². The van der Waals surface area contributed by atoms with Crippen LogP contribution in [0.1, 0.15) is 39.0 Å². The summed E-state index contributed by atoms with van der Waals surface area (Å²) >= 11 is 0. The Bertz CT molecular complexity index is 381. The van der Waals surface area contributed by atoms with Crippen LogP contribution in [-0.2, 0) is 14.9 Å². The van der Waals surface area contributed by atoms with E-state index in [-0.39, 0.29) is 24.8 Å². The summed E-state index contributed by atoms with van der Waals surface area (Å²) in [4.78, 5) is 0. The van der Waals surface area contributed by atoms with E-state index in [1.54, 1.807) is 0 Å². The van der Waals surface area contributed by atoms with Crippen molar-refractivity contribution >= 4 is 10.2 Å². The van der Waals surface area contributed by atoms with Crippen LogP contribution in [0, 0.1) is 0 Å². The molecule has 0 aromatic rings. The van der Waals surface area contributed by atoms with Gasteiger partial charge in [-0.25, -0.2) is 0 Å². The summed E-state index contributed by atoms with van der Waals surface area (Å²) in [6.45, 7) is 2.92. The molecule has 0 bridgehead atoms. The third-order valence-electron chi connectivity index (χ3n) is 3.95. The van der Waals surface area contributed by atoms with Crippen molar-refractivity contribution in [2.24, 2.45) is 0 Å². The van der Waals surface area contributed by atoms with Crippen molar-refractivity contribution in [3.63, 3.8) is 0 Å². The molecule has 2 heterocycles. The minimum Gasteiger partial charge on any atom is -0.395 e. The van der Waals surface area contributed by atoms with E-state index < -0.39 is 10.2 Å². The van der Waals surface area contributed by atoms with Crippen molar-refractivity contribution in [3.8, 4) is 0 Å². The smallest absolute Gasteiger partial charge is 0.280 e. The first-order valence-electron chi connectivity index (χ1n) is 7.06. The van der Waals surface area contributed by atoms with Gasteiger partial charge in [0.15, 0.2) is 0 Å². The Kier molecular flexibility index (Phi) is 5.19. The van der Waals surface area contributed by atoms with Crippen LogP contribution < -0.4 is 4.72 Å². The molecule has 0 aromatic carbocycles. The van der Waals surface area contributed by atoms with Crippen LogP contribution in [0.25, 0.3) is 0 Å². The second-order valence-corrected chi connectivity index (χ2v) is 7.06. The number of hydrogen-bond acceptors (Lipinski definition) is 4.